The van der Waals surface area contributed by atoms with Gasteiger partial charge >= 0.3 is 0 Å². The molecule has 1 saturated heterocycles. The minimum atomic E-state index is -0.309. The summed E-state index contributed by atoms with van der Waals surface area (Å²) < 4.78 is 13.6. The predicted molar refractivity (Wildman–Crippen MR) is 80.8 cm³/mol. The molecule has 1 amide bonds. The number of hydrogen-bond donors (Lipinski definition) is 1. The fourth-order valence-electron chi connectivity index (χ4n) is 2.60. The minimum Gasteiger partial charge on any atom is -0.342 e. The highest BCUT2D eigenvalue weighted by Crippen LogP contribution is 2.21. The van der Waals surface area contributed by atoms with Crippen molar-refractivity contribution in [1.82, 2.24) is 4.90 Å². The van der Waals surface area contributed by atoms with Gasteiger partial charge < -0.3 is 10.6 Å². The maximum atomic E-state index is 13.2. The summed E-state index contributed by atoms with van der Waals surface area (Å²) in [5.74, 6) is 0.165. The summed E-state index contributed by atoms with van der Waals surface area (Å²) >= 11 is 3.14. The van der Waals surface area contributed by atoms with Crippen LogP contribution in [0.25, 0.3) is 0 Å². The fourth-order valence-corrected chi connectivity index (χ4v) is 3.03. The molecular weight excluding hydrogens is 323 g/mol. The summed E-state index contributed by atoms with van der Waals surface area (Å²) in [5.41, 5.74) is 6.76. The number of likely N-dealkylation sites (tertiary alicyclic amines) is 1. The maximum Gasteiger partial charge on any atom is 0.227 e. The Hall–Kier alpha value is -0.940. The smallest absolute Gasteiger partial charge is 0.227 e. The van der Waals surface area contributed by atoms with E-state index in [1.807, 2.05) is 11.8 Å². The average Bonchev–Trinajstić information content (AvgIpc) is 2.43. The van der Waals surface area contributed by atoms with Gasteiger partial charge in [0.2, 0.25) is 5.91 Å². The van der Waals surface area contributed by atoms with Gasteiger partial charge in [0.15, 0.2) is 0 Å². The molecule has 0 aromatic heterocycles. The second-order valence-electron chi connectivity index (χ2n) is 5.53. The van der Waals surface area contributed by atoms with Crippen molar-refractivity contribution in [3.8, 4) is 0 Å². The molecule has 3 nitrogen and oxygen atoms in total. The van der Waals surface area contributed by atoms with Crippen molar-refractivity contribution in [3.63, 3.8) is 0 Å². The van der Waals surface area contributed by atoms with E-state index in [9.17, 15) is 9.18 Å². The molecule has 2 unspecified atom stereocenters. The highest BCUT2D eigenvalue weighted by atomic mass is 79.9. The van der Waals surface area contributed by atoms with Crippen LogP contribution in [0.5, 0.6) is 0 Å². The van der Waals surface area contributed by atoms with Gasteiger partial charge in [-0.05, 0) is 59.3 Å². The Balaban J connectivity index is 1.98. The van der Waals surface area contributed by atoms with E-state index in [1.165, 1.54) is 6.07 Å². The van der Waals surface area contributed by atoms with Gasteiger partial charge in [-0.15, -0.1) is 0 Å². The second-order valence-corrected chi connectivity index (χ2v) is 6.38. The van der Waals surface area contributed by atoms with Gasteiger partial charge in [0.1, 0.15) is 5.82 Å². The van der Waals surface area contributed by atoms with E-state index in [0.29, 0.717) is 16.8 Å². The Labute approximate surface area is 127 Å². The Bertz CT molecular complexity index is 493. The van der Waals surface area contributed by atoms with Crippen molar-refractivity contribution in [2.75, 3.05) is 13.1 Å². The highest BCUT2D eigenvalue weighted by Gasteiger charge is 2.25. The normalized spacial score (nSPS) is 20.8. The summed E-state index contributed by atoms with van der Waals surface area (Å²) in [6.45, 7) is 3.53. The van der Waals surface area contributed by atoms with Gasteiger partial charge in [-0.25, -0.2) is 4.39 Å². The first kappa shape index (κ1) is 15.4. The van der Waals surface area contributed by atoms with E-state index in [2.05, 4.69) is 15.9 Å². The minimum absolute atomic E-state index is 0.0915. The van der Waals surface area contributed by atoms with E-state index < -0.39 is 0 Å². The Morgan fingerprint density at radius 2 is 2.35 bits per heavy atom. The molecule has 1 aromatic carbocycles. The molecule has 1 aliphatic rings. The fraction of sp³-hybridized carbons (Fsp3) is 0.533. The van der Waals surface area contributed by atoms with E-state index in [-0.39, 0.29) is 17.8 Å². The maximum absolute atomic E-state index is 13.2. The van der Waals surface area contributed by atoms with Crippen LogP contribution in [0.4, 0.5) is 4.39 Å². The third-order valence-electron chi connectivity index (χ3n) is 3.89. The van der Waals surface area contributed by atoms with E-state index in [1.54, 1.807) is 12.1 Å². The van der Waals surface area contributed by atoms with Crippen LogP contribution in [0, 0.1) is 11.7 Å². The first-order valence-corrected chi connectivity index (χ1v) is 7.74. The first-order chi connectivity index (χ1) is 9.47. The van der Waals surface area contributed by atoms with Crippen LogP contribution < -0.4 is 5.73 Å². The number of rotatable bonds is 3. The Morgan fingerprint density at radius 3 is 3.00 bits per heavy atom. The van der Waals surface area contributed by atoms with Crippen LogP contribution in [0.15, 0.2) is 22.7 Å². The molecule has 1 aromatic rings. The van der Waals surface area contributed by atoms with Crippen molar-refractivity contribution in [3.05, 3.63) is 34.1 Å². The third kappa shape index (κ3) is 3.79. The number of carbonyl (C=O) groups is 1. The van der Waals surface area contributed by atoms with Crippen LogP contribution in [0.1, 0.15) is 25.3 Å². The van der Waals surface area contributed by atoms with E-state index >= 15 is 0 Å². The van der Waals surface area contributed by atoms with E-state index in [0.717, 1.165) is 31.5 Å². The topological polar surface area (TPSA) is 46.3 Å². The number of carbonyl (C=O) groups excluding carboxylic acids is 1. The molecule has 2 atom stereocenters. The van der Waals surface area contributed by atoms with Crippen molar-refractivity contribution in [1.29, 1.82) is 0 Å². The lowest BCUT2D eigenvalue weighted by Crippen LogP contribution is -2.45. The van der Waals surface area contributed by atoms with Gasteiger partial charge in [0.25, 0.3) is 0 Å². The Kier molecular flexibility index (Phi) is 5.16. The number of piperidine rings is 1. The summed E-state index contributed by atoms with van der Waals surface area (Å²) in [5, 5.41) is 0. The number of nitrogens with two attached hydrogens (primary N) is 1. The quantitative estimate of drug-likeness (QED) is 0.917. The number of halogens is 2. The molecule has 1 fully saturated rings. The molecule has 0 spiro atoms. The molecular formula is C15H20BrFN2O. The van der Waals surface area contributed by atoms with Gasteiger partial charge in [-0.2, -0.15) is 0 Å². The molecule has 0 aliphatic carbocycles. The van der Waals surface area contributed by atoms with Crippen LogP contribution in [0.3, 0.4) is 0 Å². The predicted octanol–water partition coefficient (Wildman–Crippen LogP) is 2.72. The standard InChI is InChI=1S/C15H20BrFN2O/c1-10(18)12-3-2-6-19(9-12)15(20)8-11-4-5-14(17)13(16)7-11/h4-5,7,10,12H,2-3,6,8-9,18H2,1H3. The molecule has 2 rings (SSSR count). The van der Waals surface area contributed by atoms with Crippen molar-refractivity contribution >= 4 is 21.8 Å². The second kappa shape index (κ2) is 6.68. The Morgan fingerprint density at radius 1 is 1.60 bits per heavy atom. The van der Waals surface area contributed by atoms with E-state index in [4.69, 9.17) is 5.73 Å². The molecule has 2 N–H and O–H groups in total. The van der Waals surface area contributed by atoms with Crippen molar-refractivity contribution < 1.29 is 9.18 Å². The summed E-state index contributed by atoms with van der Waals surface area (Å²) in [6, 6.07) is 4.82. The molecule has 1 heterocycles. The number of nitrogens with zero attached hydrogens (tertiary/aromatic N) is 1. The summed E-state index contributed by atoms with van der Waals surface area (Å²) in [7, 11) is 0. The van der Waals surface area contributed by atoms with Crippen LogP contribution in [-0.4, -0.2) is 29.9 Å². The van der Waals surface area contributed by atoms with Crippen LogP contribution >= 0.6 is 15.9 Å². The number of benzene rings is 1. The molecule has 0 saturated carbocycles. The van der Waals surface area contributed by atoms with Gasteiger partial charge in [-0.3, -0.25) is 4.79 Å². The van der Waals surface area contributed by atoms with Gasteiger partial charge in [0.05, 0.1) is 10.9 Å². The molecule has 5 heteroatoms. The van der Waals surface area contributed by atoms with Crippen molar-refractivity contribution in [2.45, 2.75) is 32.2 Å². The zero-order valence-electron chi connectivity index (χ0n) is 11.6. The molecule has 110 valence electrons. The van der Waals surface area contributed by atoms with Crippen molar-refractivity contribution in [2.24, 2.45) is 11.7 Å². The van der Waals surface area contributed by atoms with Crippen LogP contribution in [0.2, 0.25) is 0 Å². The highest BCUT2D eigenvalue weighted by molar-refractivity contribution is 9.10. The first-order valence-electron chi connectivity index (χ1n) is 6.94. The SMILES string of the molecule is CC(N)C1CCCN(C(=O)Cc2ccc(F)c(Br)c2)C1. The average molecular weight is 343 g/mol. The summed E-state index contributed by atoms with van der Waals surface area (Å²) in [6.07, 6.45) is 2.40. The zero-order valence-corrected chi connectivity index (χ0v) is 13.2. The molecule has 1 aliphatic heterocycles. The number of amides is 1. The number of hydrogen-bond acceptors (Lipinski definition) is 2. The lowest BCUT2D eigenvalue weighted by Gasteiger charge is -2.34. The van der Waals surface area contributed by atoms with Crippen LogP contribution in [-0.2, 0) is 11.2 Å². The summed E-state index contributed by atoms with van der Waals surface area (Å²) in [4.78, 5) is 14.2. The largest absolute Gasteiger partial charge is 0.342 e. The zero-order chi connectivity index (χ0) is 14.7. The molecule has 0 bridgehead atoms. The molecule has 20 heavy (non-hydrogen) atoms. The lowest BCUT2D eigenvalue weighted by molar-refractivity contribution is -0.132. The lowest BCUT2D eigenvalue weighted by atomic mass is 9.92. The third-order valence-corrected chi connectivity index (χ3v) is 4.50. The van der Waals surface area contributed by atoms with Gasteiger partial charge in [0, 0.05) is 19.1 Å². The van der Waals surface area contributed by atoms with Gasteiger partial charge in [-0.1, -0.05) is 6.07 Å². The monoisotopic (exact) mass is 342 g/mol. The molecule has 0 radical (unpaired) electrons.